The molecule has 1 aliphatic rings. The van der Waals surface area contributed by atoms with Crippen LogP contribution >= 0.6 is 0 Å². The van der Waals surface area contributed by atoms with E-state index in [1.807, 2.05) is 60.7 Å². The van der Waals surface area contributed by atoms with Gasteiger partial charge in [-0.25, -0.2) is 0 Å². The first kappa shape index (κ1) is 26.7. The molecule has 38 heavy (non-hydrogen) atoms. The number of aromatic nitrogens is 1. The number of pyridine rings is 1. The lowest BCUT2D eigenvalue weighted by Gasteiger charge is -2.25. The Balaban J connectivity index is 0.00000164. The standard InChI is InChI=1S/C30H28N4O2.CH4O/c1-34-16-13-23-9-10-28(18-27(23)20-34)33-30(36)26-4-2-3-21(17-26)19-32-29(35)25-7-5-22(6-8-25)24-11-14-31-15-12-24;1-2/h2-12,14-15,17-18H,13,16,19-20H2,1H3,(H,32,35)(H,33,36);2H,1H3. The predicted octanol–water partition coefficient (Wildman–Crippen LogP) is 4.53. The number of rotatable bonds is 6. The number of anilines is 1. The number of aliphatic hydroxyl groups is 1. The van der Waals surface area contributed by atoms with Crippen molar-refractivity contribution in [2.75, 3.05) is 26.0 Å². The lowest BCUT2D eigenvalue weighted by Crippen LogP contribution is -2.26. The molecule has 3 aromatic carbocycles. The number of aliphatic hydroxyl groups excluding tert-OH is 1. The van der Waals surface area contributed by atoms with Crippen molar-refractivity contribution in [1.29, 1.82) is 0 Å². The van der Waals surface area contributed by atoms with E-state index in [9.17, 15) is 9.59 Å². The normalized spacial score (nSPS) is 12.5. The second kappa shape index (κ2) is 12.8. The number of likely N-dealkylation sites (N-methyl/N-ethyl adjacent to an activating group) is 1. The highest BCUT2D eigenvalue weighted by Gasteiger charge is 2.15. The molecular formula is C31H32N4O3. The maximum atomic E-state index is 12.9. The second-order valence-electron chi connectivity index (χ2n) is 9.12. The third kappa shape index (κ3) is 6.70. The van der Waals surface area contributed by atoms with Crippen LogP contribution < -0.4 is 10.6 Å². The molecule has 0 unspecified atom stereocenters. The van der Waals surface area contributed by atoms with Crippen LogP contribution in [-0.2, 0) is 19.5 Å². The Hall–Kier alpha value is -4.33. The lowest BCUT2D eigenvalue weighted by atomic mass is 9.99. The van der Waals surface area contributed by atoms with Gasteiger partial charge in [-0.1, -0.05) is 30.3 Å². The number of amides is 2. The van der Waals surface area contributed by atoms with Crippen LogP contribution in [0.2, 0.25) is 0 Å². The van der Waals surface area contributed by atoms with Gasteiger partial charge in [0.1, 0.15) is 0 Å². The number of carbonyl (C=O) groups excluding carboxylic acids is 2. The summed E-state index contributed by atoms with van der Waals surface area (Å²) in [6, 6.07) is 24.8. The summed E-state index contributed by atoms with van der Waals surface area (Å²) in [6.45, 7) is 2.27. The average Bonchev–Trinajstić information content (AvgIpc) is 2.97. The van der Waals surface area contributed by atoms with E-state index in [-0.39, 0.29) is 11.8 Å². The largest absolute Gasteiger partial charge is 0.400 e. The molecule has 0 atom stereocenters. The number of fused-ring (bicyclic) bond motifs is 1. The highest BCUT2D eigenvalue weighted by Crippen LogP contribution is 2.23. The molecule has 0 saturated carbocycles. The van der Waals surface area contributed by atoms with Crippen LogP contribution in [0.4, 0.5) is 5.69 Å². The SMILES string of the molecule is CN1CCc2ccc(NC(=O)c3cccc(CNC(=O)c4ccc(-c5ccncc5)cc4)c3)cc2C1.CO. The molecule has 1 aliphatic heterocycles. The molecule has 5 rings (SSSR count). The molecule has 4 aromatic rings. The van der Waals surface area contributed by atoms with E-state index in [4.69, 9.17) is 5.11 Å². The second-order valence-corrected chi connectivity index (χ2v) is 9.12. The highest BCUT2D eigenvalue weighted by molar-refractivity contribution is 6.04. The summed E-state index contributed by atoms with van der Waals surface area (Å²) >= 11 is 0. The van der Waals surface area contributed by atoms with Gasteiger partial charge >= 0.3 is 0 Å². The molecule has 7 nitrogen and oxygen atoms in total. The van der Waals surface area contributed by atoms with Crippen molar-refractivity contribution in [3.8, 4) is 11.1 Å². The molecule has 194 valence electrons. The fourth-order valence-corrected chi connectivity index (χ4v) is 4.44. The van der Waals surface area contributed by atoms with Gasteiger partial charge in [0.25, 0.3) is 11.8 Å². The van der Waals surface area contributed by atoms with E-state index in [0.717, 1.165) is 49.0 Å². The fraction of sp³-hybridized carbons (Fsp3) is 0.194. The van der Waals surface area contributed by atoms with Gasteiger partial charge in [0.15, 0.2) is 0 Å². The van der Waals surface area contributed by atoms with Crippen molar-refractivity contribution in [3.63, 3.8) is 0 Å². The topological polar surface area (TPSA) is 94.6 Å². The fourth-order valence-electron chi connectivity index (χ4n) is 4.44. The van der Waals surface area contributed by atoms with Crippen LogP contribution in [0, 0.1) is 0 Å². The number of nitrogens with one attached hydrogen (secondary N) is 2. The van der Waals surface area contributed by atoms with Crippen molar-refractivity contribution < 1.29 is 14.7 Å². The van der Waals surface area contributed by atoms with Crippen LogP contribution in [0.5, 0.6) is 0 Å². The molecule has 1 aromatic heterocycles. The van der Waals surface area contributed by atoms with Crippen LogP contribution in [0.15, 0.2) is 91.3 Å². The summed E-state index contributed by atoms with van der Waals surface area (Å²) < 4.78 is 0. The smallest absolute Gasteiger partial charge is 0.255 e. The Morgan fingerprint density at radius 1 is 0.842 bits per heavy atom. The Kier molecular flexibility index (Phi) is 8.98. The van der Waals surface area contributed by atoms with Crippen molar-refractivity contribution in [1.82, 2.24) is 15.2 Å². The molecule has 0 saturated heterocycles. The molecule has 3 N–H and O–H groups in total. The third-order valence-electron chi connectivity index (χ3n) is 6.47. The third-order valence-corrected chi connectivity index (χ3v) is 6.47. The zero-order chi connectivity index (χ0) is 26.9. The maximum Gasteiger partial charge on any atom is 0.255 e. The van der Waals surface area contributed by atoms with Gasteiger partial charge in [-0.15, -0.1) is 0 Å². The zero-order valence-corrected chi connectivity index (χ0v) is 21.6. The summed E-state index contributed by atoms with van der Waals surface area (Å²) in [6.07, 6.45) is 4.52. The molecule has 0 aliphatic carbocycles. The molecule has 2 heterocycles. The van der Waals surface area contributed by atoms with Crippen LogP contribution in [0.3, 0.4) is 0 Å². The Bertz CT molecular complexity index is 1390. The first-order chi connectivity index (χ1) is 18.5. The van der Waals surface area contributed by atoms with E-state index in [1.54, 1.807) is 18.5 Å². The van der Waals surface area contributed by atoms with Crippen LogP contribution in [-0.4, -0.2) is 47.5 Å². The van der Waals surface area contributed by atoms with E-state index in [0.29, 0.717) is 17.7 Å². The van der Waals surface area contributed by atoms with Crippen molar-refractivity contribution >= 4 is 17.5 Å². The minimum Gasteiger partial charge on any atom is -0.400 e. The number of hydrogen-bond donors (Lipinski definition) is 3. The quantitative estimate of drug-likeness (QED) is 0.356. The van der Waals surface area contributed by atoms with Gasteiger partial charge in [-0.2, -0.15) is 0 Å². The summed E-state index contributed by atoms with van der Waals surface area (Å²) in [5.41, 5.74) is 7.47. The van der Waals surface area contributed by atoms with Gasteiger partial charge in [0.2, 0.25) is 0 Å². The molecule has 2 amide bonds. The Morgan fingerprint density at radius 3 is 2.34 bits per heavy atom. The summed E-state index contributed by atoms with van der Waals surface area (Å²) in [5.74, 6) is -0.329. The lowest BCUT2D eigenvalue weighted by molar-refractivity contribution is 0.0950. The minimum atomic E-state index is -0.168. The van der Waals surface area contributed by atoms with Crippen molar-refractivity contribution in [2.24, 2.45) is 0 Å². The van der Waals surface area contributed by atoms with Gasteiger partial charge in [0.05, 0.1) is 0 Å². The van der Waals surface area contributed by atoms with Gasteiger partial charge in [-0.3, -0.25) is 14.6 Å². The highest BCUT2D eigenvalue weighted by atomic mass is 16.2. The van der Waals surface area contributed by atoms with Crippen molar-refractivity contribution in [3.05, 3.63) is 119 Å². The summed E-state index contributed by atoms with van der Waals surface area (Å²) in [5, 5.41) is 13.0. The molecule has 7 heteroatoms. The van der Waals surface area contributed by atoms with Crippen molar-refractivity contribution in [2.45, 2.75) is 19.5 Å². The van der Waals surface area contributed by atoms with E-state index in [2.05, 4.69) is 39.7 Å². The maximum absolute atomic E-state index is 12.9. The first-order valence-electron chi connectivity index (χ1n) is 12.5. The molecule has 0 spiro atoms. The number of nitrogens with zero attached hydrogens (tertiary/aromatic N) is 2. The van der Waals surface area contributed by atoms with E-state index < -0.39 is 0 Å². The number of hydrogen-bond acceptors (Lipinski definition) is 5. The van der Waals surface area contributed by atoms with Gasteiger partial charge in [-0.05, 0) is 89.8 Å². The molecule has 0 fully saturated rings. The first-order valence-corrected chi connectivity index (χ1v) is 12.5. The summed E-state index contributed by atoms with van der Waals surface area (Å²) in [7, 11) is 3.11. The average molecular weight is 509 g/mol. The van der Waals surface area contributed by atoms with E-state index in [1.165, 1.54) is 11.1 Å². The van der Waals surface area contributed by atoms with Crippen LogP contribution in [0.25, 0.3) is 11.1 Å². The Morgan fingerprint density at radius 2 is 1.58 bits per heavy atom. The zero-order valence-electron chi connectivity index (χ0n) is 21.6. The number of benzene rings is 3. The monoisotopic (exact) mass is 508 g/mol. The number of carbonyl (C=O) groups is 2. The molecular weight excluding hydrogens is 476 g/mol. The minimum absolute atomic E-state index is 0.162. The predicted molar refractivity (Wildman–Crippen MR) is 150 cm³/mol. The molecule has 0 bridgehead atoms. The summed E-state index contributed by atoms with van der Waals surface area (Å²) in [4.78, 5) is 31.9. The molecule has 0 radical (unpaired) electrons. The van der Waals surface area contributed by atoms with Crippen LogP contribution in [0.1, 0.15) is 37.4 Å². The van der Waals surface area contributed by atoms with E-state index >= 15 is 0 Å². The van der Waals surface area contributed by atoms with Gasteiger partial charge < -0.3 is 20.6 Å². The Labute approximate surface area is 223 Å². The van der Waals surface area contributed by atoms with Gasteiger partial charge in [0, 0.05) is 56.0 Å².